The first-order chi connectivity index (χ1) is 13.6. The topological polar surface area (TPSA) is 41.9 Å². The molecule has 0 spiro atoms. The Hall–Kier alpha value is -2.69. The van der Waals surface area contributed by atoms with Crippen molar-refractivity contribution in [1.82, 2.24) is 4.90 Å². The normalized spacial score (nSPS) is 18.9. The lowest BCUT2D eigenvalue weighted by Crippen LogP contribution is -2.42. The Labute approximate surface area is 165 Å². The van der Waals surface area contributed by atoms with Crippen LogP contribution in [0.4, 0.5) is 4.39 Å². The van der Waals surface area contributed by atoms with Gasteiger partial charge in [-0.3, -0.25) is 4.79 Å². The van der Waals surface area contributed by atoms with Gasteiger partial charge in [-0.25, -0.2) is 4.39 Å². The predicted octanol–water partition coefficient (Wildman–Crippen LogP) is 4.46. The molecular weight excluding hydrogens is 355 g/mol. The molecule has 1 atom stereocenters. The zero-order valence-electron chi connectivity index (χ0n) is 16.1. The summed E-state index contributed by atoms with van der Waals surface area (Å²) in [5, 5.41) is 4.25. The number of amides is 1. The Morgan fingerprint density at radius 3 is 2.68 bits per heavy atom. The van der Waals surface area contributed by atoms with Gasteiger partial charge in [0.25, 0.3) is 0 Å². The molecule has 2 aromatic rings. The first-order valence-electron chi connectivity index (χ1n) is 9.91. The molecule has 146 valence electrons. The van der Waals surface area contributed by atoms with Gasteiger partial charge in [-0.15, -0.1) is 0 Å². The quantitative estimate of drug-likeness (QED) is 0.743. The van der Waals surface area contributed by atoms with Crippen LogP contribution < -0.4 is 0 Å². The molecule has 2 aliphatic rings. The van der Waals surface area contributed by atoms with Crippen molar-refractivity contribution in [2.75, 3.05) is 6.54 Å². The third-order valence-corrected chi connectivity index (χ3v) is 5.57. The van der Waals surface area contributed by atoms with E-state index in [1.165, 1.54) is 17.7 Å². The summed E-state index contributed by atoms with van der Waals surface area (Å²) in [5.74, 6) is -0.0500. The number of hydrogen-bond acceptors (Lipinski definition) is 3. The molecule has 0 N–H and O–H groups in total. The standard InChI is InChI=1S/C23H25FN2O2/c1-16-8-10-18(11-9-16)22-13-21(28-25-22)15-26(23(27)19-5-3-6-19)14-17-4-2-7-20(24)12-17/h2,4,7-12,19,21H,3,5-6,13-15H2,1H3/t21-/m1/s1. The summed E-state index contributed by atoms with van der Waals surface area (Å²) in [4.78, 5) is 20.4. The lowest BCUT2D eigenvalue weighted by atomic mass is 9.84. The van der Waals surface area contributed by atoms with Crippen LogP contribution in [-0.4, -0.2) is 29.2 Å². The molecule has 28 heavy (non-hydrogen) atoms. The minimum atomic E-state index is -0.282. The third-order valence-electron chi connectivity index (χ3n) is 5.57. The lowest BCUT2D eigenvalue weighted by molar-refractivity contribution is -0.140. The molecular formula is C23H25FN2O2. The molecule has 4 nitrogen and oxygen atoms in total. The van der Waals surface area contributed by atoms with E-state index >= 15 is 0 Å². The Kier molecular flexibility index (Phi) is 5.42. The van der Waals surface area contributed by atoms with Crippen molar-refractivity contribution in [3.63, 3.8) is 0 Å². The number of oxime groups is 1. The van der Waals surface area contributed by atoms with Gasteiger partial charge in [0.15, 0.2) is 6.10 Å². The second-order valence-electron chi connectivity index (χ2n) is 7.81. The van der Waals surface area contributed by atoms with Crippen LogP contribution in [-0.2, 0) is 16.2 Å². The molecule has 0 radical (unpaired) electrons. The van der Waals surface area contributed by atoms with Crippen LogP contribution in [0.25, 0.3) is 0 Å². The molecule has 1 heterocycles. The summed E-state index contributed by atoms with van der Waals surface area (Å²) >= 11 is 0. The zero-order valence-corrected chi connectivity index (χ0v) is 16.1. The van der Waals surface area contributed by atoms with Gasteiger partial charge in [0.1, 0.15) is 5.82 Å². The summed E-state index contributed by atoms with van der Waals surface area (Å²) in [5.41, 5.74) is 3.96. The fourth-order valence-electron chi connectivity index (χ4n) is 3.69. The van der Waals surface area contributed by atoms with Crippen molar-refractivity contribution < 1.29 is 14.0 Å². The van der Waals surface area contributed by atoms with Gasteiger partial charge >= 0.3 is 0 Å². The van der Waals surface area contributed by atoms with Crippen molar-refractivity contribution >= 4 is 11.6 Å². The van der Waals surface area contributed by atoms with E-state index in [0.29, 0.717) is 19.5 Å². The average Bonchev–Trinajstić information content (AvgIpc) is 3.09. The highest BCUT2D eigenvalue weighted by Gasteiger charge is 2.33. The summed E-state index contributed by atoms with van der Waals surface area (Å²) in [7, 11) is 0. The number of aryl methyl sites for hydroxylation is 1. The molecule has 0 aromatic heterocycles. The van der Waals surface area contributed by atoms with Crippen LogP contribution in [0.15, 0.2) is 53.7 Å². The molecule has 1 amide bonds. The third kappa shape index (κ3) is 4.24. The first kappa shape index (κ1) is 18.7. The van der Waals surface area contributed by atoms with E-state index in [1.54, 1.807) is 6.07 Å². The molecule has 0 unspecified atom stereocenters. The monoisotopic (exact) mass is 380 g/mol. The molecule has 1 aliphatic heterocycles. The molecule has 4 rings (SSSR count). The maximum atomic E-state index is 13.6. The highest BCUT2D eigenvalue weighted by molar-refractivity contribution is 6.01. The molecule has 0 bridgehead atoms. The van der Waals surface area contributed by atoms with E-state index in [9.17, 15) is 9.18 Å². The molecule has 1 aliphatic carbocycles. The maximum Gasteiger partial charge on any atom is 0.226 e. The first-order valence-corrected chi connectivity index (χ1v) is 9.91. The Morgan fingerprint density at radius 2 is 2.00 bits per heavy atom. The van der Waals surface area contributed by atoms with Crippen LogP contribution >= 0.6 is 0 Å². The van der Waals surface area contributed by atoms with Gasteiger partial charge in [-0.2, -0.15) is 0 Å². The van der Waals surface area contributed by atoms with Crippen LogP contribution in [0, 0.1) is 18.7 Å². The van der Waals surface area contributed by atoms with E-state index in [-0.39, 0.29) is 23.7 Å². The fourth-order valence-corrected chi connectivity index (χ4v) is 3.69. The lowest BCUT2D eigenvalue weighted by Gasteiger charge is -2.32. The molecule has 2 aromatic carbocycles. The van der Waals surface area contributed by atoms with Crippen molar-refractivity contribution in [3.05, 3.63) is 71.0 Å². The van der Waals surface area contributed by atoms with Crippen LogP contribution in [0.5, 0.6) is 0 Å². The van der Waals surface area contributed by atoms with Gasteiger partial charge in [-0.1, -0.05) is 53.5 Å². The van der Waals surface area contributed by atoms with E-state index in [4.69, 9.17) is 4.84 Å². The number of halogens is 1. The summed E-state index contributed by atoms with van der Waals surface area (Å²) in [6.45, 7) is 2.91. The van der Waals surface area contributed by atoms with Gasteiger partial charge in [-0.05, 0) is 43.0 Å². The number of benzene rings is 2. The van der Waals surface area contributed by atoms with Gasteiger partial charge in [0.05, 0.1) is 12.3 Å². The zero-order chi connectivity index (χ0) is 19.5. The van der Waals surface area contributed by atoms with Crippen molar-refractivity contribution in [1.29, 1.82) is 0 Å². The molecule has 0 saturated heterocycles. The number of carbonyl (C=O) groups is 1. The van der Waals surface area contributed by atoms with Crippen molar-refractivity contribution in [2.45, 2.75) is 45.3 Å². The second-order valence-corrected chi connectivity index (χ2v) is 7.81. The Balaban J connectivity index is 1.43. The summed E-state index contributed by atoms with van der Waals surface area (Å²) in [6.07, 6.45) is 3.48. The Bertz CT molecular complexity index is 874. The predicted molar refractivity (Wildman–Crippen MR) is 106 cm³/mol. The van der Waals surface area contributed by atoms with E-state index in [0.717, 1.165) is 36.1 Å². The van der Waals surface area contributed by atoms with E-state index < -0.39 is 0 Å². The maximum absolute atomic E-state index is 13.6. The van der Waals surface area contributed by atoms with Gasteiger partial charge in [0, 0.05) is 18.9 Å². The highest BCUT2D eigenvalue weighted by Crippen LogP contribution is 2.29. The smallest absolute Gasteiger partial charge is 0.226 e. The summed E-state index contributed by atoms with van der Waals surface area (Å²) < 4.78 is 13.6. The fraction of sp³-hybridized carbons (Fsp3) is 0.391. The number of nitrogens with zero attached hydrogens (tertiary/aromatic N) is 2. The SMILES string of the molecule is Cc1ccc(C2=NO[C@@H](CN(Cc3cccc(F)c3)C(=O)C3CCC3)C2)cc1. The number of hydrogen-bond donors (Lipinski definition) is 0. The molecule has 1 saturated carbocycles. The number of rotatable bonds is 6. The summed E-state index contributed by atoms with van der Waals surface area (Å²) in [6, 6.07) is 14.7. The molecule has 1 fully saturated rings. The van der Waals surface area contributed by atoms with Crippen LogP contribution in [0.3, 0.4) is 0 Å². The minimum Gasteiger partial charge on any atom is -0.390 e. The number of carbonyl (C=O) groups excluding carboxylic acids is 1. The van der Waals surface area contributed by atoms with Crippen LogP contribution in [0.1, 0.15) is 42.4 Å². The van der Waals surface area contributed by atoms with Crippen molar-refractivity contribution in [3.8, 4) is 0 Å². The largest absolute Gasteiger partial charge is 0.390 e. The van der Waals surface area contributed by atoms with Crippen molar-refractivity contribution in [2.24, 2.45) is 11.1 Å². The van der Waals surface area contributed by atoms with Gasteiger partial charge < -0.3 is 9.74 Å². The van der Waals surface area contributed by atoms with Gasteiger partial charge in [0.2, 0.25) is 5.91 Å². The molecule has 5 heteroatoms. The Morgan fingerprint density at radius 1 is 1.21 bits per heavy atom. The minimum absolute atomic E-state index is 0.0902. The van der Waals surface area contributed by atoms with Crippen LogP contribution in [0.2, 0.25) is 0 Å². The van der Waals surface area contributed by atoms with E-state index in [2.05, 4.69) is 24.2 Å². The van der Waals surface area contributed by atoms with E-state index in [1.807, 2.05) is 23.1 Å². The second kappa shape index (κ2) is 8.13. The highest BCUT2D eigenvalue weighted by atomic mass is 19.1. The average molecular weight is 380 g/mol.